The topological polar surface area (TPSA) is 76.1 Å². The van der Waals surface area contributed by atoms with E-state index in [9.17, 15) is 13.2 Å². The van der Waals surface area contributed by atoms with Crippen molar-refractivity contribution in [3.63, 3.8) is 0 Å². The molecule has 0 radical (unpaired) electrons. The van der Waals surface area contributed by atoms with Crippen molar-refractivity contribution in [2.24, 2.45) is 0 Å². The number of carbonyl (C=O) groups excluding carboxylic acids is 1. The molecule has 0 aliphatic rings. The standard InChI is InChI=1S/C11H16N2O3S/c1-8(10-4-6-12-7-5-10)13-11(14)9(2)17(3,15)16/h4-9H,1-3H3,(H,13,14)/t8-,9-/m0/s1. The third-order valence-electron chi connectivity index (χ3n) is 2.58. The van der Waals surface area contributed by atoms with Crippen molar-refractivity contribution in [3.05, 3.63) is 30.1 Å². The van der Waals surface area contributed by atoms with E-state index >= 15 is 0 Å². The molecule has 1 N–H and O–H groups in total. The molecule has 2 atom stereocenters. The van der Waals surface area contributed by atoms with Gasteiger partial charge in [0, 0.05) is 18.6 Å². The van der Waals surface area contributed by atoms with E-state index in [-0.39, 0.29) is 6.04 Å². The molecular formula is C11H16N2O3S. The Bertz CT molecular complexity index is 485. The number of nitrogens with one attached hydrogen (secondary N) is 1. The first-order valence-corrected chi connectivity index (χ1v) is 7.17. The van der Waals surface area contributed by atoms with E-state index in [1.54, 1.807) is 31.5 Å². The van der Waals surface area contributed by atoms with Gasteiger partial charge in [-0.15, -0.1) is 0 Å². The maximum atomic E-state index is 11.7. The Kier molecular flexibility index (Phi) is 4.22. The molecule has 0 bridgehead atoms. The van der Waals surface area contributed by atoms with Crippen LogP contribution in [0.3, 0.4) is 0 Å². The largest absolute Gasteiger partial charge is 0.348 e. The van der Waals surface area contributed by atoms with Crippen LogP contribution in [0.25, 0.3) is 0 Å². The Balaban J connectivity index is 2.71. The van der Waals surface area contributed by atoms with Gasteiger partial charge in [0.25, 0.3) is 0 Å². The molecule has 0 aliphatic heterocycles. The summed E-state index contributed by atoms with van der Waals surface area (Å²) in [6, 6.07) is 3.31. The van der Waals surface area contributed by atoms with Crippen LogP contribution in [0, 0.1) is 0 Å². The zero-order valence-corrected chi connectivity index (χ0v) is 10.9. The second-order valence-corrected chi connectivity index (χ2v) is 6.35. The molecule has 0 spiro atoms. The average molecular weight is 256 g/mol. The van der Waals surface area contributed by atoms with Crippen molar-refractivity contribution in [2.75, 3.05) is 6.26 Å². The highest BCUT2D eigenvalue weighted by molar-refractivity contribution is 7.92. The fraction of sp³-hybridized carbons (Fsp3) is 0.455. The van der Waals surface area contributed by atoms with Gasteiger partial charge in [0.1, 0.15) is 5.25 Å². The van der Waals surface area contributed by atoms with Crippen molar-refractivity contribution in [1.29, 1.82) is 0 Å². The summed E-state index contributed by atoms with van der Waals surface area (Å²) < 4.78 is 22.4. The monoisotopic (exact) mass is 256 g/mol. The number of aromatic nitrogens is 1. The lowest BCUT2D eigenvalue weighted by molar-refractivity contribution is -0.121. The molecule has 6 heteroatoms. The number of sulfone groups is 1. The predicted octanol–water partition coefficient (Wildman–Crippen LogP) is 0.692. The van der Waals surface area contributed by atoms with Crippen LogP contribution in [0.5, 0.6) is 0 Å². The van der Waals surface area contributed by atoms with Gasteiger partial charge in [-0.05, 0) is 31.5 Å². The highest BCUT2D eigenvalue weighted by Gasteiger charge is 2.24. The summed E-state index contributed by atoms with van der Waals surface area (Å²) in [4.78, 5) is 15.5. The van der Waals surface area contributed by atoms with Gasteiger partial charge < -0.3 is 5.32 Å². The molecule has 0 unspecified atom stereocenters. The van der Waals surface area contributed by atoms with Crippen molar-refractivity contribution in [2.45, 2.75) is 25.1 Å². The number of hydrogen-bond donors (Lipinski definition) is 1. The highest BCUT2D eigenvalue weighted by Crippen LogP contribution is 2.11. The van der Waals surface area contributed by atoms with Crippen LogP contribution in [0.1, 0.15) is 25.5 Å². The van der Waals surface area contributed by atoms with Gasteiger partial charge in [0.05, 0.1) is 6.04 Å². The maximum absolute atomic E-state index is 11.7. The van der Waals surface area contributed by atoms with E-state index in [1.165, 1.54) is 6.92 Å². The highest BCUT2D eigenvalue weighted by atomic mass is 32.2. The molecular weight excluding hydrogens is 240 g/mol. The number of carbonyl (C=O) groups is 1. The molecule has 1 amide bonds. The van der Waals surface area contributed by atoms with Crippen LogP contribution in [0.15, 0.2) is 24.5 Å². The van der Waals surface area contributed by atoms with E-state index in [0.29, 0.717) is 0 Å². The van der Waals surface area contributed by atoms with Gasteiger partial charge in [0.2, 0.25) is 5.91 Å². The summed E-state index contributed by atoms with van der Waals surface area (Å²) in [5.74, 6) is -0.489. The lowest BCUT2D eigenvalue weighted by atomic mass is 10.1. The Morgan fingerprint density at radius 3 is 2.29 bits per heavy atom. The minimum atomic E-state index is -3.35. The zero-order chi connectivity index (χ0) is 13.1. The normalized spacial score (nSPS) is 15.0. The van der Waals surface area contributed by atoms with Crippen LogP contribution in [0.2, 0.25) is 0 Å². The summed E-state index contributed by atoms with van der Waals surface area (Å²) in [6.45, 7) is 3.17. The minimum absolute atomic E-state index is 0.241. The molecule has 0 saturated heterocycles. The quantitative estimate of drug-likeness (QED) is 0.860. The van der Waals surface area contributed by atoms with Crippen LogP contribution in [-0.4, -0.2) is 30.8 Å². The molecule has 0 fully saturated rings. The van der Waals surface area contributed by atoms with E-state index < -0.39 is 21.0 Å². The van der Waals surface area contributed by atoms with Crippen LogP contribution < -0.4 is 5.32 Å². The third kappa shape index (κ3) is 3.81. The Morgan fingerprint density at radius 2 is 1.82 bits per heavy atom. The number of nitrogens with zero attached hydrogens (tertiary/aromatic N) is 1. The van der Waals surface area contributed by atoms with E-state index in [0.717, 1.165) is 11.8 Å². The molecule has 1 rings (SSSR count). The average Bonchev–Trinajstić information content (AvgIpc) is 2.27. The SMILES string of the molecule is C[C@H](NC(=O)[C@H](C)S(C)(=O)=O)c1ccncc1. The summed E-state index contributed by atoms with van der Waals surface area (Å²) in [7, 11) is -3.35. The fourth-order valence-corrected chi connectivity index (χ4v) is 1.72. The van der Waals surface area contributed by atoms with Gasteiger partial charge in [-0.1, -0.05) is 0 Å². The molecule has 94 valence electrons. The van der Waals surface area contributed by atoms with Gasteiger partial charge in [-0.25, -0.2) is 8.42 Å². The number of amides is 1. The summed E-state index contributed by atoms with van der Waals surface area (Å²) in [5.41, 5.74) is 0.883. The molecule has 1 aromatic rings. The van der Waals surface area contributed by atoms with E-state index in [2.05, 4.69) is 10.3 Å². The minimum Gasteiger partial charge on any atom is -0.348 e. The van der Waals surface area contributed by atoms with Crippen molar-refractivity contribution in [3.8, 4) is 0 Å². The molecule has 0 aliphatic carbocycles. The Labute approximate surface area is 101 Å². The number of hydrogen-bond acceptors (Lipinski definition) is 4. The second kappa shape index (κ2) is 5.27. The third-order valence-corrected chi connectivity index (χ3v) is 4.07. The zero-order valence-electron chi connectivity index (χ0n) is 10.0. The summed E-state index contributed by atoms with van der Waals surface area (Å²) in [6.07, 6.45) is 4.30. The first kappa shape index (κ1) is 13.6. The number of rotatable bonds is 4. The van der Waals surface area contributed by atoms with Crippen molar-refractivity contribution in [1.82, 2.24) is 10.3 Å². The first-order chi connectivity index (χ1) is 7.82. The van der Waals surface area contributed by atoms with E-state index in [4.69, 9.17) is 0 Å². The number of pyridine rings is 1. The van der Waals surface area contributed by atoms with Crippen LogP contribution in [0.4, 0.5) is 0 Å². The van der Waals surface area contributed by atoms with Crippen LogP contribution in [-0.2, 0) is 14.6 Å². The van der Waals surface area contributed by atoms with E-state index in [1.807, 2.05) is 0 Å². The second-order valence-electron chi connectivity index (χ2n) is 3.98. The molecule has 0 aromatic carbocycles. The first-order valence-electron chi connectivity index (χ1n) is 5.21. The van der Waals surface area contributed by atoms with Gasteiger partial charge in [-0.3, -0.25) is 9.78 Å². The van der Waals surface area contributed by atoms with Crippen molar-refractivity contribution < 1.29 is 13.2 Å². The summed E-state index contributed by atoms with van der Waals surface area (Å²) >= 11 is 0. The maximum Gasteiger partial charge on any atom is 0.238 e. The fourth-order valence-electron chi connectivity index (χ4n) is 1.26. The van der Waals surface area contributed by atoms with Crippen LogP contribution >= 0.6 is 0 Å². The molecule has 5 nitrogen and oxygen atoms in total. The van der Waals surface area contributed by atoms with Gasteiger partial charge >= 0.3 is 0 Å². The van der Waals surface area contributed by atoms with Gasteiger partial charge in [-0.2, -0.15) is 0 Å². The Morgan fingerprint density at radius 1 is 1.29 bits per heavy atom. The molecule has 1 heterocycles. The van der Waals surface area contributed by atoms with Gasteiger partial charge in [0.15, 0.2) is 9.84 Å². The smallest absolute Gasteiger partial charge is 0.238 e. The predicted molar refractivity (Wildman–Crippen MR) is 65.1 cm³/mol. The molecule has 0 saturated carbocycles. The molecule has 17 heavy (non-hydrogen) atoms. The Hall–Kier alpha value is -1.43. The molecule has 1 aromatic heterocycles. The lowest BCUT2D eigenvalue weighted by Crippen LogP contribution is -2.38. The lowest BCUT2D eigenvalue weighted by Gasteiger charge is -2.16. The summed E-state index contributed by atoms with van der Waals surface area (Å²) in [5, 5.41) is 1.62. The van der Waals surface area contributed by atoms with Crippen molar-refractivity contribution >= 4 is 15.7 Å².